The smallest absolute Gasteiger partial charge is 0.326 e. The van der Waals surface area contributed by atoms with Gasteiger partial charge in [0.1, 0.15) is 6.04 Å². The highest BCUT2D eigenvalue weighted by atomic mass is 32.1. The number of likely N-dealkylation sites (tertiary alicyclic amines) is 1. The SMILES string of the molecule is O=C(O)[C@@H]1CCCN1C(=O)c1csc2ccccc12. The summed E-state index contributed by atoms with van der Waals surface area (Å²) in [7, 11) is 0. The Morgan fingerprint density at radius 2 is 2.11 bits per heavy atom. The third-order valence-electron chi connectivity index (χ3n) is 3.51. The quantitative estimate of drug-likeness (QED) is 0.916. The molecule has 0 unspecified atom stereocenters. The monoisotopic (exact) mass is 275 g/mol. The maximum atomic E-state index is 12.5. The van der Waals surface area contributed by atoms with Crippen molar-refractivity contribution >= 4 is 33.3 Å². The number of aliphatic carboxylic acids is 1. The zero-order valence-corrected chi connectivity index (χ0v) is 11.0. The predicted molar refractivity (Wildman–Crippen MR) is 73.5 cm³/mol. The van der Waals surface area contributed by atoms with Crippen molar-refractivity contribution in [3.63, 3.8) is 0 Å². The first-order chi connectivity index (χ1) is 9.18. The van der Waals surface area contributed by atoms with Gasteiger partial charge in [-0.3, -0.25) is 4.79 Å². The van der Waals surface area contributed by atoms with E-state index in [1.54, 1.807) is 0 Å². The van der Waals surface area contributed by atoms with E-state index in [0.29, 0.717) is 18.5 Å². The van der Waals surface area contributed by atoms with Crippen LogP contribution in [-0.2, 0) is 4.79 Å². The molecule has 3 rings (SSSR count). The molecule has 1 atom stereocenters. The lowest BCUT2D eigenvalue weighted by molar-refractivity contribution is -0.141. The van der Waals surface area contributed by atoms with Crippen molar-refractivity contribution in [3.8, 4) is 0 Å². The molecule has 0 bridgehead atoms. The average molecular weight is 275 g/mol. The van der Waals surface area contributed by atoms with Gasteiger partial charge in [-0.2, -0.15) is 0 Å². The molecular weight excluding hydrogens is 262 g/mol. The molecule has 98 valence electrons. The summed E-state index contributed by atoms with van der Waals surface area (Å²) in [6.07, 6.45) is 1.30. The molecule has 1 aliphatic rings. The van der Waals surface area contributed by atoms with Crippen molar-refractivity contribution in [1.82, 2.24) is 4.90 Å². The van der Waals surface area contributed by atoms with E-state index in [-0.39, 0.29) is 5.91 Å². The summed E-state index contributed by atoms with van der Waals surface area (Å²) in [5.41, 5.74) is 0.619. The number of carboxylic acids is 1. The zero-order chi connectivity index (χ0) is 13.4. The molecule has 19 heavy (non-hydrogen) atoms. The van der Waals surface area contributed by atoms with Crippen LogP contribution in [0.1, 0.15) is 23.2 Å². The average Bonchev–Trinajstić information content (AvgIpc) is 3.05. The topological polar surface area (TPSA) is 57.6 Å². The van der Waals surface area contributed by atoms with E-state index in [4.69, 9.17) is 5.11 Å². The first-order valence-electron chi connectivity index (χ1n) is 6.18. The second-order valence-corrected chi connectivity index (χ2v) is 5.55. The number of rotatable bonds is 2. The Balaban J connectivity index is 1.98. The third-order valence-corrected chi connectivity index (χ3v) is 4.47. The molecule has 2 aromatic rings. The van der Waals surface area contributed by atoms with Crippen LogP contribution in [0.15, 0.2) is 29.6 Å². The van der Waals surface area contributed by atoms with E-state index in [2.05, 4.69) is 0 Å². The first-order valence-corrected chi connectivity index (χ1v) is 7.06. The Morgan fingerprint density at radius 1 is 1.32 bits per heavy atom. The van der Waals surface area contributed by atoms with E-state index >= 15 is 0 Å². The Labute approximate surface area is 114 Å². The van der Waals surface area contributed by atoms with Gasteiger partial charge in [0.2, 0.25) is 0 Å². The summed E-state index contributed by atoms with van der Waals surface area (Å²) >= 11 is 1.52. The molecule has 1 aromatic carbocycles. The van der Waals surface area contributed by atoms with Crippen LogP contribution in [-0.4, -0.2) is 34.5 Å². The second-order valence-electron chi connectivity index (χ2n) is 4.64. The van der Waals surface area contributed by atoms with Gasteiger partial charge in [-0.15, -0.1) is 11.3 Å². The molecular formula is C14H13NO3S. The Bertz CT molecular complexity index is 649. The van der Waals surface area contributed by atoms with Gasteiger partial charge in [0.15, 0.2) is 0 Å². The normalized spacial score (nSPS) is 18.9. The lowest BCUT2D eigenvalue weighted by Gasteiger charge is -2.21. The van der Waals surface area contributed by atoms with Crippen LogP contribution >= 0.6 is 11.3 Å². The molecule has 2 heterocycles. The fraction of sp³-hybridized carbons (Fsp3) is 0.286. The summed E-state index contributed by atoms with van der Waals surface area (Å²) in [4.78, 5) is 25.1. The van der Waals surface area contributed by atoms with Crippen LogP contribution in [0.2, 0.25) is 0 Å². The van der Waals surface area contributed by atoms with Crippen LogP contribution < -0.4 is 0 Å². The molecule has 0 spiro atoms. The van der Waals surface area contributed by atoms with Crippen molar-refractivity contribution in [2.45, 2.75) is 18.9 Å². The van der Waals surface area contributed by atoms with E-state index in [9.17, 15) is 9.59 Å². The van der Waals surface area contributed by atoms with E-state index in [1.807, 2.05) is 29.6 Å². The first kappa shape index (κ1) is 12.2. The number of fused-ring (bicyclic) bond motifs is 1. The molecule has 1 amide bonds. The summed E-state index contributed by atoms with van der Waals surface area (Å²) in [6.45, 7) is 0.528. The van der Waals surface area contributed by atoms with Crippen LogP contribution in [0.25, 0.3) is 10.1 Å². The number of carbonyl (C=O) groups excluding carboxylic acids is 1. The number of benzene rings is 1. The van der Waals surface area contributed by atoms with Crippen molar-refractivity contribution in [1.29, 1.82) is 0 Å². The van der Waals surface area contributed by atoms with Gasteiger partial charge in [0.25, 0.3) is 5.91 Å². The largest absolute Gasteiger partial charge is 0.480 e. The highest BCUT2D eigenvalue weighted by Crippen LogP contribution is 2.29. The zero-order valence-electron chi connectivity index (χ0n) is 10.2. The predicted octanol–water partition coefficient (Wildman–Crippen LogP) is 2.59. The lowest BCUT2D eigenvalue weighted by Crippen LogP contribution is -2.40. The Hall–Kier alpha value is -1.88. The molecule has 5 heteroatoms. The van der Waals surface area contributed by atoms with Crippen LogP contribution in [0, 0.1) is 0 Å². The maximum Gasteiger partial charge on any atom is 0.326 e. The number of hydrogen-bond acceptors (Lipinski definition) is 3. The van der Waals surface area contributed by atoms with Gasteiger partial charge in [-0.1, -0.05) is 18.2 Å². The summed E-state index contributed by atoms with van der Waals surface area (Å²) in [6, 6.07) is 7.03. The van der Waals surface area contributed by atoms with Gasteiger partial charge in [-0.05, 0) is 18.9 Å². The number of carboxylic acid groups (broad SMARTS) is 1. The summed E-state index contributed by atoms with van der Waals surface area (Å²) in [5, 5.41) is 11.9. The van der Waals surface area contributed by atoms with Gasteiger partial charge in [0.05, 0.1) is 5.56 Å². The maximum absolute atomic E-state index is 12.5. The lowest BCUT2D eigenvalue weighted by atomic mass is 10.1. The van der Waals surface area contributed by atoms with Gasteiger partial charge < -0.3 is 10.0 Å². The van der Waals surface area contributed by atoms with Crippen molar-refractivity contribution in [2.75, 3.05) is 6.54 Å². The standard InChI is InChI=1S/C14H13NO3S/c16-13(15-7-3-5-11(15)14(17)18)10-8-19-12-6-2-1-4-9(10)12/h1-2,4,6,8,11H,3,5,7H2,(H,17,18)/t11-/m0/s1. The number of carbonyl (C=O) groups is 2. The van der Waals surface area contributed by atoms with Crippen LogP contribution in [0.4, 0.5) is 0 Å². The van der Waals surface area contributed by atoms with E-state index in [0.717, 1.165) is 16.5 Å². The van der Waals surface area contributed by atoms with E-state index < -0.39 is 12.0 Å². The summed E-state index contributed by atoms with van der Waals surface area (Å²) in [5.74, 6) is -1.08. The third kappa shape index (κ3) is 2.00. The molecule has 1 aliphatic heterocycles. The minimum absolute atomic E-state index is 0.164. The summed E-state index contributed by atoms with van der Waals surface area (Å²) < 4.78 is 1.05. The van der Waals surface area contributed by atoms with Crippen molar-refractivity contribution in [3.05, 3.63) is 35.2 Å². The molecule has 0 saturated carbocycles. The highest BCUT2D eigenvalue weighted by molar-refractivity contribution is 7.17. The van der Waals surface area contributed by atoms with Gasteiger partial charge >= 0.3 is 5.97 Å². The van der Waals surface area contributed by atoms with Crippen LogP contribution in [0.3, 0.4) is 0 Å². The molecule has 1 saturated heterocycles. The second kappa shape index (κ2) is 4.66. The number of thiophene rings is 1. The van der Waals surface area contributed by atoms with E-state index in [1.165, 1.54) is 16.2 Å². The number of amides is 1. The molecule has 1 aromatic heterocycles. The minimum atomic E-state index is -0.912. The molecule has 0 aliphatic carbocycles. The van der Waals surface area contributed by atoms with Crippen LogP contribution in [0.5, 0.6) is 0 Å². The fourth-order valence-electron chi connectivity index (χ4n) is 2.56. The van der Waals surface area contributed by atoms with Gasteiger partial charge in [0, 0.05) is 22.0 Å². The van der Waals surface area contributed by atoms with Crippen molar-refractivity contribution in [2.24, 2.45) is 0 Å². The molecule has 1 fully saturated rings. The highest BCUT2D eigenvalue weighted by Gasteiger charge is 2.35. The Morgan fingerprint density at radius 3 is 2.89 bits per heavy atom. The molecule has 1 N–H and O–H groups in total. The fourth-order valence-corrected chi connectivity index (χ4v) is 3.50. The number of nitrogens with zero attached hydrogens (tertiary/aromatic N) is 1. The minimum Gasteiger partial charge on any atom is -0.480 e. The molecule has 4 nitrogen and oxygen atoms in total. The van der Waals surface area contributed by atoms with Gasteiger partial charge in [-0.25, -0.2) is 4.79 Å². The molecule has 0 radical (unpaired) electrons. The van der Waals surface area contributed by atoms with Crippen molar-refractivity contribution < 1.29 is 14.7 Å². The Kier molecular flexibility index (Phi) is 2.98. The number of hydrogen-bond donors (Lipinski definition) is 1.